The van der Waals surface area contributed by atoms with Gasteiger partial charge in [0.1, 0.15) is 0 Å². The molecule has 4 aromatic carbocycles. The van der Waals surface area contributed by atoms with Crippen molar-refractivity contribution in [3.63, 3.8) is 0 Å². The summed E-state index contributed by atoms with van der Waals surface area (Å²) in [6.45, 7) is 4.44. The maximum Gasteiger partial charge on any atom is 0.164 e. The van der Waals surface area contributed by atoms with Gasteiger partial charge in [0, 0.05) is 37.9 Å². The van der Waals surface area contributed by atoms with E-state index >= 15 is 0 Å². The van der Waals surface area contributed by atoms with Gasteiger partial charge in [0.25, 0.3) is 0 Å². The Kier molecular flexibility index (Phi) is 6.16. The van der Waals surface area contributed by atoms with Crippen LogP contribution in [0.25, 0.3) is 71.3 Å². The predicted octanol–water partition coefficient (Wildman–Crippen LogP) is 9.92. The zero-order chi connectivity index (χ0) is 28.8. The number of hydrogen-bond acceptors (Lipinski definition) is 4. The molecule has 0 bridgehead atoms. The van der Waals surface area contributed by atoms with Crippen molar-refractivity contribution in [3.8, 4) is 44.7 Å². The summed E-state index contributed by atoms with van der Waals surface area (Å²) in [4.78, 5) is 19.8. The second kappa shape index (κ2) is 10.5. The summed E-state index contributed by atoms with van der Waals surface area (Å²) in [5.41, 5.74) is 8.57. The van der Waals surface area contributed by atoms with E-state index in [2.05, 4.69) is 78.3 Å². The largest absolute Gasteiger partial charge is 0.353 e. The number of H-pyrrole nitrogens is 1. The maximum atomic E-state index is 4.98. The summed E-state index contributed by atoms with van der Waals surface area (Å²) < 4.78 is 1.23. The maximum absolute atomic E-state index is 4.98. The van der Waals surface area contributed by atoms with Gasteiger partial charge in [-0.3, -0.25) is 0 Å². The topological polar surface area (TPSA) is 54.5 Å². The van der Waals surface area contributed by atoms with Crippen LogP contribution in [-0.2, 0) is 6.42 Å². The number of nitrogens with zero attached hydrogens (tertiary/aromatic N) is 3. The average Bonchev–Trinajstić information content (AvgIpc) is 3.63. The Hall–Kier alpha value is -5.39. The van der Waals surface area contributed by atoms with Gasteiger partial charge in [-0.15, -0.1) is 11.3 Å². The van der Waals surface area contributed by atoms with Crippen molar-refractivity contribution >= 4 is 37.9 Å². The Labute approximate surface area is 253 Å². The van der Waals surface area contributed by atoms with Gasteiger partial charge in [0.15, 0.2) is 17.5 Å². The van der Waals surface area contributed by atoms with Gasteiger partial charge in [-0.05, 0) is 47.2 Å². The third-order valence-corrected chi connectivity index (χ3v) is 9.10. The molecular weight excluding hydrogens is 545 g/mol. The van der Waals surface area contributed by atoms with E-state index < -0.39 is 0 Å². The minimum Gasteiger partial charge on any atom is -0.353 e. The molecule has 0 amide bonds. The fourth-order valence-corrected chi connectivity index (χ4v) is 7.02. The van der Waals surface area contributed by atoms with E-state index in [9.17, 15) is 0 Å². The molecule has 43 heavy (non-hydrogen) atoms. The minimum atomic E-state index is 0.660. The Bertz CT molecular complexity index is 2160. The smallest absolute Gasteiger partial charge is 0.164 e. The van der Waals surface area contributed by atoms with Crippen LogP contribution in [0, 0.1) is 0 Å². The summed E-state index contributed by atoms with van der Waals surface area (Å²) in [7, 11) is 0. The summed E-state index contributed by atoms with van der Waals surface area (Å²) in [6.07, 6.45) is 9.33. The molecule has 7 aromatic rings. The summed E-state index contributed by atoms with van der Waals surface area (Å²) in [5.74, 6) is 1.98. The zero-order valence-electron chi connectivity index (χ0n) is 23.3. The molecular formula is C38H26N4S. The van der Waals surface area contributed by atoms with Crippen LogP contribution in [0.15, 0.2) is 134 Å². The van der Waals surface area contributed by atoms with Crippen LogP contribution in [0.2, 0.25) is 0 Å². The van der Waals surface area contributed by atoms with Crippen LogP contribution < -0.4 is 0 Å². The van der Waals surface area contributed by atoms with Gasteiger partial charge in [-0.2, -0.15) is 0 Å². The van der Waals surface area contributed by atoms with E-state index in [0.29, 0.717) is 17.5 Å². The Balaban J connectivity index is 1.34. The monoisotopic (exact) mass is 570 g/mol. The Morgan fingerprint density at radius 3 is 2.02 bits per heavy atom. The molecule has 0 radical (unpaired) electrons. The molecule has 1 aliphatic carbocycles. The molecule has 1 N–H and O–H groups in total. The molecule has 0 atom stereocenters. The second-order valence-electron chi connectivity index (χ2n) is 10.6. The highest BCUT2D eigenvalue weighted by Gasteiger charge is 2.22. The lowest BCUT2D eigenvalue weighted by Gasteiger charge is -2.09. The molecule has 0 aliphatic heterocycles. The van der Waals surface area contributed by atoms with Crippen LogP contribution in [-0.4, -0.2) is 19.9 Å². The first-order valence-electron chi connectivity index (χ1n) is 14.3. The second-order valence-corrected chi connectivity index (χ2v) is 11.6. The summed E-state index contributed by atoms with van der Waals surface area (Å²) >= 11 is 1.82. The number of thiophene rings is 1. The van der Waals surface area contributed by atoms with Gasteiger partial charge in [-0.25, -0.2) is 15.0 Å². The van der Waals surface area contributed by atoms with E-state index in [0.717, 1.165) is 45.5 Å². The van der Waals surface area contributed by atoms with Crippen LogP contribution in [0.5, 0.6) is 0 Å². The van der Waals surface area contributed by atoms with E-state index in [1.165, 1.54) is 25.9 Å². The SMILES string of the molecule is C=C1/C=C\C=C/Cc2c(sc3ccc(-c4nc(-c5ccccc5)nc(-c5ccccc5)n4)cc23)-c2[nH]c3ccccc3c21. The van der Waals surface area contributed by atoms with Gasteiger partial charge >= 0.3 is 0 Å². The highest BCUT2D eigenvalue weighted by molar-refractivity contribution is 7.22. The molecule has 204 valence electrons. The van der Waals surface area contributed by atoms with Crippen molar-refractivity contribution in [3.05, 3.63) is 145 Å². The number of fused-ring (bicyclic) bond motifs is 7. The van der Waals surface area contributed by atoms with Gasteiger partial charge in [0.05, 0.1) is 10.6 Å². The molecule has 1 aliphatic rings. The van der Waals surface area contributed by atoms with Crippen LogP contribution in [0.1, 0.15) is 11.1 Å². The number of aromatic nitrogens is 4. The molecule has 3 heterocycles. The van der Waals surface area contributed by atoms with E-state index in [1.54, 1.807) is 0 Å². The highest BCUT2D eigenvalue weighted by atomic mass is 32.1. The van der Waals surface area contributed by atoms with Gasteiger partial charge in [-0.1, -0.05) is 110 Å². The quantitative estimate of drug-likeness (QED) is 0.230. The lowest BCUT2D eigenvalue weighted by Crippen LogP contribution is -2.00. The number of allylic oxidation sites excluding steroid dienone is 5. The molecule has 0 spiro atoms. The van der Waals surface area contributed by atoms with Crippen LogP contribution in [0.4, 0.5) is 0 Å². The number of para-hydroxylation sites is 1. The normalized spacial score (nSPS) is 14.4. The average molecular weight is 571 g/mol. The van der Waals surface area contributed by atoms with E-state index in [4.69, 9.17) is 15.0 Å². The van der Waals surface area contributed by atoms with Crippen molar-refractivity contribution < 1.29 is 0 Å². The number of benzene rings is 4. The van der Waals surface area contributed by atoms with Gasteiger partial charge < -0.3 is 4.98 Å². The minimum absolute atomic E-state index is 0.660. The number of rotatable bonds is 3. The molecule has 5 heteroatoms. The zero-order valence-corrected chi connectivity index (χ0v) is 24.1. The summed E-state index contributed by atoms with van der Waals surface area (Å²) in [6, 6.07) is 35.3. The molecule has 4 nitrogen and oxygen atoms in total. The molecule has 8 rings (SSSR count). The number of nitrogens with one attached hydrogen (secondary N) is 1. The first kappa shape index (κ1) is 25.3. The molecule has 3 aromatic heterocycles. The Morgan fingerprint density at radius 1 is 0.651 bits per heavy atom. The molecule has 0 saturated heterocycles. The lowest BCUT2D eigenvalue weighted by atomic mass is 9.97. The van der Waals surface area contributed by atoms with E-state index in [-0.39, 0.29) is 0 Å². The van der Waals surface area contributed by atoms with Gasteiger partial charge in [0.2, 0.25) is 0 Å². The Morgan fingerprint density at radius 2 is 1.30 bits per heavy atom. The first-order valence-corrected chi connectivity index (χ1v) is 15.1. The standard InChI is InChI=1S/C38H26N4S/c1-24-13-5-2-10-18-28-30-23-27(21-22-32(30)43-35(28)34-33(24)29-19-11-12-20-31(29)39-34)38-41-36(25-14-6-3-7-15-25)40-37(42-38)26-16-8-4-9-17-26/h2-17,19-23,39H,1,18H2/b10-2-,13-5-. The fraction of sp³-hybridized carbons (Fsp3) is 0.0263. The molecule has 0 saturated carbocycles. The third kappa shape index (κ3) is 4.51. The molecule has 0 unspecified atom stereocenters. The van der Waals surface area contributed by atoms with Crippen molar-refractivity contribution in [1.82, 2.24) is 19.9 Å². The third-order valence-electron chi connectivity index (χ3n) is 7.87. The summed E-state index contributed by atoms with van der Waals surface area (Å²) in [5, 5.41) is 2.40. The fourth-order valence-electron chi connectivity index (χ4n) is 5.80. The molecule has 0 fully saturated rings. The predicted molar refractivity (Wildman–Crippen MR) is 180 cm³/mol. The van der Waals surface area contributed by atoms with Crippen molar-refractivity contribution in [2.24, 2.45) is 0 Å². The van der Waals surface area contributed by atoms with Crippen molar-refractivity contribution in [2.45, 2.75) is 6.42 Å². The lowest BCUT2D eigenvalue weighted by molar-refractivity contribution is 1.07. The first-order chi connectivity index (χ1) is 21.2. The van der Waals surface area contributed by atoms with Crippen LogP contribution in [0.3, 0.4) is 0 Å². The number of hydrogen-bond donors (Lipinski definition) is 1. The van der Waals surface area contributed by atoms with Crippen molar-refractivity contribution in [1.29, 1.82) is 0 Å². The number of aromatic amines is 1. The highest BCUT2D eigenvalue weighted by Crippen LogP contribution is 2.45. The van der Waals surface area contributed by atoms with E-state index in [1.807, 2.05) is 72.0 Å². The van der Waals surface area contributed by atoms with Crippen molar-refractivity contribution in [2.75, 3.05) is 0 Å². The van der Waals surface area contributed by atoms with Crippen LogP contribution >= 0.6 is 11.3 Å².